The zero-order chi connectivity index (χ0) is 20.1. The molecule has 0 radical (unpaired) electrons. The summed E-state index contributed by atoms with van der Waals surface area (Å²) in [5.74, 6) is 0.757. The maximum Gasteiger partial charge on any atom is 0.260 e. The molecule has 28 heavy (non-hydrogen) atoms. The lowest BCUT2D eigenvalue weighted by atomic mass is 10.1. The highest BCUT2D eigenvalue weighted by molar-refractivity contribution is 6.30. The molecule has 0 aromatic heterocycles. The van der Waals surface area contributed by atoms with Crippen molar-refractivity contribution in [3.8, 4) is 5.75 Å². The Morgan fingerprint density at radius 1 is 1.18 bits per heavy atom. The first-order chi connectivity index (χ1) is 13.4. The van der Waals surface area contributed by atoms with E-state index in [4.69, 9.17) is 21.1 Å². The molecule has 150 valence electrons. The Balaban J connectivity index is 1.69. The van der Waals surface area contributed by atoms with E-state index in [1.807, 2.05) is 43.0 Å². The number of benzene rings is 2. The molecule has 0 bridgehead atoms. The average molecular weight is 402 g/mol. The van der Waals surface area contributed by atoms with Gasteiger partial charge < -0.3 is 14.4 Å². The summed E-state index contributed by atoms with van der Waals surface area (Å²) in [5, 5.41) is 0.689. The van der Waals surface area contributed by atoms with Crippen molar-refractivity contribution in [2.45, 2.75) is 46.3 Å². The summed E-state index contributed by atoms with van der Waals surface area (Å²) in [6.07, 6.45) is 2.13. The largest absolute Gasteiger partial charge is 0.483 e. The van der Waals surface area contributed by atoms with Crippen LogP contribution in [0.5, 0.6) is 5.75 Å². The van der Waals surface area contributed by atoms with Gasteiger partial charge in [0, 0.05) is 24.7 Å². The van der Waals surface area contributed by atoms with Crippen LogP contribution in [0.3, 0.4) is 0 Å². The topological polar surface area (TPSA) is 38.8 Å². The first-order valence-electron chi connectivity index (χ1n) is 9.77. The normalized spacial score (nSPS) is 16.2. The maximum absolute atomic E-state index is 13.0. The fourth-order valence-corrected chi connectivity index (χ4v) is 3.84. The smallest absolute Gasteiger partial charge is 0.260 e. The van der Waals surface area contributed by atoms with Crippen molar-refractivity contribution in [3.05, 3.63) is 63.7 Å². The Hall–Kier alpha value is -2.04. The Bertz CT molecular complexity index is 790. The number of carbonyl (C=O) groups is 1. The van der Waals surface area contributed by atoms with Crippen molar-refractivity contribution in [2.75, 3.05) is 19.8 Å². The zero-order valence-corrected chi connectivity index (χ0v) is 17.6. The number of nitrogens with zero attached hydrogens (tertiary/aromatic N) is 1. The maximum atomic E-state index is 13.0. The molecule has 0 saturated carbocycles. The molecule has 1 amide bonds. The van der Waals surface area contributed by atoms with Gasteiger partial charge in [-0.1, -0.05) is 41.4 Å². The minimum atomic E-state index is -0.0372. The molecule has 1 aliphatic rings. The van der Waals surface area contributed by atoms with Crippen LogP contribution in [0.15, 0.2) is 36.4 Å². The van der Waals surface area contributed by atoms with E-state index >= 15 is 0 Å². The molecular weight excluding hydrogens is 374 g/mol. The second kappa shape index (κ2) is 9.44. The van der Waals surface area contributed by atoms with Gasteiger partial charge in [0.2, 0.25) is 0 Å². The predicted octanol–water partition coefficient (Wildman–Crippen LogP) is 4.85. The Morgan fingerprint density at radius 3 is 2.46 bits per heavy atom. The van der Waals surface area contributed by atoms with Crippen LogP contribution >= 0.6 is 11.6 Å². The van der Waals surface area contributed by atoms with Crippen LogP contribution < -0.4 is 4.74 Å². The molecule has 1 fully saturated rings. The fourth-order valence-electron chi connectivity index (χ4n) is 3.72. The summed E-state index contributed by atoms with van der Waals surface area (Å²) in [6.45, 7) is 7.97. The van der Waals surface area contributed by atoms with Crippen molar-refractivity contribution in [1.82, 2.24) is 4.90 Å². The number of amides is 1. The number of ether oxygens (including phenoxy) is 2. The summed E-state index contributed by atoms with van der Waals surface area (Å²) in [5.41, 5.74) is 4.33. The van der Waals surface area contributed by atoms with E-state index in [0.717, 1.165) is 41.9 Å². The van der Waals surface area contributed by atoms with Crippen molar-refractivity contribution < 1.29 is 14.3 Å². The minimum absolute atomic E-state index is 0.0189. The number of carbonyl (C=O) groups excluding carboxylic acids is 1. The van der Waals surface area contributed by atoms with Crippen LogP contribution in [0.4, 0.5) is 0 Å². The molecule has 5 heteroatoms. The van der Waals surface area contributed by atoms with E-state index in [9.17, 15) is 4.79 Å². The summed E-state index contributed by atoms with van der Waals surface area (Å²) >= 11 is 5.99. The van der Waals surface area contributed by atoms with E-state index in [2.05, 4.69) is 19.1 Å². The van der Waals surface area contributed by atoms with Gasteiger partial charge in [-0.2, -0.15) is 0 Å². The van der Waals surface area contributed by atoms with Gasteiger partial charge in [0.15, 0.2) is 6.61 Å². The number of hydrogen-bond acceptors (Lipinski definition) is 3. The molecule has 1 saturated heterocycles. The third-order valence-electron chi connectivity index (χ3n) is 5.03. The third-order valence-corrected chi connectivity index (χ3v) is 5.28. The van der Waals surface area contributed by atoms with Crippen LogP contribution in [-0.2, 0) is 16.1 Å². The molecule has 0 N–H and O–H groups in total. The highest BCUT2D eigenvalue weighted by Gasteiger charge is 2.23. The number of halogens is 1. The van der Waals surface area contributed by atoms with Crippen LogP contribution in [0.25, 0.3) is 0 Å². The van der Waals surface area contributed by atoms with Crippen LogP contribution in [0, 0.1) is 20.8 Å². The van der Waals surface area contributed by atoms with E-state index in [1.54, 1.807) is 0 Å². The molecule has 0 spiro atoms. The molecule has 4 nitrogen and oxygen atoms in total. The summed E-state index contributed by atoms with van der Waals surface area (Å²) in [4.78, 5) is 14.8. The number of hydrogen-bond donors (Lipinski definition) is 0. The van der Waals surface area contributed by atoms with Gasteiger partial charge in [0.05, 0.1) is 6.10 Å². The Kier molecular flexibility index (Phi) is 6.97. The molecule has 0 unspecified atom stereocenters. The summed E-state index contributed by atoms with van der Waals surface area (Å²) < 4.78 is 11.7. The number of rotatable bonds is 7. The summed E-state index contributed by atoms with van der Waals surface area (Å²) in [7, 11) is 0. The van der Waals surface area contributed by atoms with Crippen molar-refractivity contribution in [3.63, 3.8) is 0 Å². The van der Waals surface area contributed by atoms with Gasteiger partial charge in [-0.15, -0.1) is 0 Å². The highest BCUT2D eigenvalue weighted by atomic mass is 35.5. The molecule has 2 aromatic carbocycles. The third kappa shape index (κ3) is 5.49. The van der Waals surface area contributed by atoms with Crippen LogP contribution in [-0.4, -0.2) is 36.7 Å². The first kappa shape index (κ1) is 20.7. The molecule has 1 heterocycles. The van der Waals surface area contributed by atoms with Gasteiger partial charge in [-0.3, -0.25) is 4.79 Å². The number of aryl methyl sites for hydroxylation is 3. The van der Waals surface area contributed by atoms with Crippen LogP contribution in [0.2, 0.25) is 5.02 Å². The fraction of sp³-hybridized carbons (Fsp3) is 0.435. The monoisotopic (exact) mass is 401 g/mol. The standard InChI is InChI=1S/C23H28ClNO3/c1-16-11-17(2)23(18(3)12-16)28-15-22(26)25(14-21-5-4-10-27-21)13-19-6-8-20(24)9-7-19/h6-9,11-12,21H,4-5,10,13-15H2,1-3H3/t21-/m1/s1. The van der Waals surface area contributed by atoms with Crippen molar-refractivity contribution in [2.24, 2.45) is 0 Å². The Labute approximate surface area is 172 Å². The van der Waals surface area contributed by atoms with Crippen molar-refractivity contribution >= 4 is 17.5 Å². The van der Waals surface area contributed by atoms with Gasteiger partial charge in [0.1, 0.15) is 5.75 Å². The van der Waals surface area contributed by atoms with E-state index in [0.29, 0.717) is 18.1 Å². The lowest BCUT2D eigenvalue weighted by Crippen LogP contribution is -2.39. The summed E-state index contributed by atoms with van der Waals surface area (Å²) in [6, 6.07) is 11.7. The lowest BCUT2D eigenvalue weighted by molar-refractivity contribution is -0.135. The van der Waals surface area contributed by atoms with Crippen LogP contribution in [0.1, 0.15) is 35.1 Å². The Morgan fingerprint density at radius 2 is 1.86 bits per heavy atom. The molecule has 2 aromatic rings. The molecular formula is C23H28ClNO3. The SMILES string of the molecule is Cc1cc(C)c(OCC(=O)N(Cc2ccc(Cl)cc2)C[C@H]2CCCO2)c(C)c1. The lowest BCUT2D eigenvalue weighted by Gasteiger charge is -2.26. The van der Waals surface area contributed by atoms with E-state index < -0.39 is 0 Å². The molecule has 0 aliphatic carbocycles. The van der Waals surface area contributed by atoms with Gasteiger partial charge in [-0.05, 0) is 62.4 Å². The minimum Gasteiger partial charge on any atom is -0.483 e. The molecule has 3 rings (SSSR count). The van der Waals surface area contributed by atoms with Gasteiger partial charge in [0.25, 0.3) is 5.91 Å². The molecule has 1 atom stereocenters. The van der Waals surface area contributed by atoms with Gasteiger partial charge in [-0.25, -0.2) is 0 Å². The zero-order valence-electron chi connectivity index (χ0n) is 16.8. The molecule has 1 aliphatic heterocycles. The quantitative estimate of drug-likeness (QED) is 0.665. The van der Waals surface area contributed by atoms with Gasteiger partial charge >= 0.3 is 0 Å². The second-order valence-corrected chi connectivity index (χ2v) is 7.99. The first-order valence-corrected chi connectivity index (χ1v) is 10.1. The van der Waals surface area contributed by atoms with Crippen molar-refractivity contribution in [1.29, 1.82) is 0 Å². The highest BCUT2D eigenvalue weighted by Crippen LogP contribution is 2.25. The van der Waals surface area contributed by atoms with E-state index in [-0.39, 0.29) is 18.6 Å². The van der Waals surface area contributed by atoms with E-state index in [1.165, 1.54) is 5.56 Å². The average Bonchev–Trinajstić information content (AvgIpc) is 3.15. The predicted molar refractivity (Wildman–Crippen MR) is 112 cm³/mol. The second-order valence-electron chi connectivity index (χ2n) is 7.55.